The molecule has 1 aromatic heterocycles. The Kier molecular flexibility index (Phi) is 10.7. The van der Waals surface area contributed by atoms with Crippen molar-refractivity contribution in [2.24, 2.45) is 4.99 Å². The van der Waals surface area contributed by atoms with E-state index in [1.54, 1.807) is 23.5 Å². The SMILES string of the molecule is CCNC(=NCCc1nc(CC)c(C)s1)NCCc1cccc(F)c1.I. The van der Waals surface area contributed by atoms with Gasteiger partial charge in [-0.15, -0.1) is 35.3 Å². The third-order valence-electron chi connectivity index (χ3n) is 3.81. The highest BCUT2D eigenvalue weighted by molar-refractivity contribution is 14.0. The predicted octanol–water partition coefficient (Wildman–Crippen LogP) is 4.11. The Morgan fingerprint density at radius 3 is 2.69 bits per heavy atom. The van der Waals surface area contributed by atoms with Gasteiger partial charge in [0.05, 0.1) is 10.7 Å². The van der Waals surface area contributed by atoms with E-state index < -0.39 is 0 Å². The first-order valence-corrected chi connectivity index (χ1v) is 9.65. The quantitative estimate of drug-likeness (QED) is 0.333. The van der Waals surface area contributed by atoms with Crippen molar-refractivity contribution in [1.82, 2.24) is 15.6 Å². The van der Waals surface area contributed by atoms with E-state index in [0.29, 0.717) is 13.1 Å². The molecule has 26 heavy (non-hydrogen) atoms. The van der Waals surface area contributed by atoms with Gasteiger partial charge in [0.25, 0.3) is 0 Å². The maximum absolute atomic E-state index is 13.2. The number of aryl methyl sites for hydroxylation is 2. The van der Waals surface area contributed by atoms with Gasteiger partial charge in [-0.05, 0) is 44.4 Å². The van der Waals surface area contributed by atoms with Crippen LogP contribution >= 0.6 is 35.3 Å². The van der Waals surface area contributed by atoms with E-state index in [-0.39, 0.29) is 29.8 Å². The molecule has 0 amide bonds. The minimum Gasteiger partial charge on any atom is -0.357 e. The van der Waals surface area contributed by atoms with Crippen LogP contribution in [0.4, 0.5) is 4.39 Å². The Balaban J connectivity index is 0.00000338. The van der Waals surface area contributed by atoms with Gasteiger partial charge in [0.15, 0.2) is 5.96 Å². The second-order valence-corrected chi connectivity index (χ2v) is 7.07. The molecule has 0 aliphatic heterocycles. The highest BCUT2D eigenvalue weighted by Gasteiger charge is 2.05. The summed E-state index contributed by atoms with van der Waals surface area (Å²) < 4.78 is 13.2. The fourth-order valence-electron chi connectivity index (χ4n) is 2.55. The molecule has 1 aromatic carbocycles. The van der Waals surface area contributed by atoms with Crippen LogP contribution in [0.5, 0.6) is 0 Å². The largest absolute Gasteiger partial charge is 0.357 e. The summed E-state index contributed by atoms with van der Waals surface area (Å²) in [5.41, 5.74) is 2.18. The van der Waals surface area contributed by atoms with Crippen molar-refractivity contribution in [3.63, 3.8) is 0 Å². The van der Waals surface area contributed by atoms with E-state index in [1.807, 2.05) is 13.0 Å². The van der Waals surface area contributed by atoms with E-state index in [4.69, 9.17) is 0 Å². The van der Waals surface area contributed by atoms with E-state index in [2.05, 4.69) is 34.5 Å². The van der Waals surface area contributed by atoms with E-state index in [1.165, 1.54) is 16.6 Å². The molecule has 0 atom stereocenters. The lowest BCUT2D eigenvalue weighted by Crippen LogP contribution is -2.38. The monoisotopic (exact) mass is 490 g/mol. The van der Waals surface area contributed by atoms with Gasteiger partial charge in [-0.25, -0.2) is 9.37 Å². The Morgan fingerprint density at radius 1 is 1.23 bits per heavy atom. The summed E-state index contributed by atoms with van der Waals surface area (Å²) in [5.74, 6) is 0.603. The Bertz CT molecular complexity index is 703. The lowest BCUT2D eigenvalue weighted by atomic mass is 10.1. The number of thiazole rings is 1. The standard InChI is InChI=1S/C19H27FN4S.HI/c1-4-17-14(3)25-18(24-17)10-12-23-19(21-5-2)22-11-9-15-7-6-8-16(20)13-15;/h6-8,13H,4-5,9-12H2,1-3H3,(H2,21,22,23);1H. The van der Waals surface area contributed by atoms with Crippen LogP contribution in [0, 0.1) is 12.7 Å². The van der Waals surface area contributed by atoms with Crippen LogP contribution in [0.3, 0.4) is 0 Å². The van der Waals surface area contributed by atoms with E-state index >= 15 is 0 Å². The van der Waals surface area contributed by atoms with Crippen molar-refractivity contribution in [3.05, 3.63) is 51.2 Å². The Labute approximate surface area is 176 Å². The summed E-state index contributed by atoms with van der Waals surface area (Å²) >= 11 is 1.76. The second-order valence-electron chi connectivity index (χ2n) is 5.78. The van der Waals surface area contributed by atoms with Crippen LogP contribution in [-0.2, 0) is 19.3 Å². The maximum Gasteiger partial charge on any atom is 0.191 e. The van der Waals surface area contributed by atoms with Crippen LogP contribution in [0.15, 0.2) is 29.3 Å². The third-order valence-corrected chi connectivity index (χ3v) is 4.88. The summed E-state index contributed by atoms with van der Waals surface area (Å²) in [6.07, 6.45) is 2.59. The van der Waals surface area contributed by atoms with Crippen LogP contribution in [0.25, 0.3) is 0 Å². The van der Waals surface area contributed by atoms with Gasteiger partial charge in [-0.3, -0.25) is 4.99 Å². The minimum absolute atomic E-state index is 0. The molecule has 4 nitrogen and oxygen atoms in total. The number of rotatable bonds is 8. The second kappa shape index (κ2) is 12.2. The molecule has 144 valence electrons. The molecule has 0 unspecified atom stereocenters. The third kappa shape index (κ3) is 7.57. The van der Waals surface area contributed by atoms with Crippen LogP contribution in [-0.4, -0.2) is 30.6 Å². The number of aromatic nitrogens is 1. The van der Waals surface area contributed by atoms with Crippen molar-refractivity contribution < 1.29 is 4.39 Å². The van der Waals surface area contributed by atoms with Crippen molar-refractivity contribution in [2.75, 3.05) is 19.6 Å². The molecule has 1 heterocycles. The van der Waals surface area contributed by atoms with Gasteiger partial charge in [-0.1, -0.05) is 19.1 Å². The lowest BCUT2D eigenvalue weighted by molar-refractivity contribution is 0.625. The zero-order chi connectivity index (χ0) is 18.1. The van der Waals surface area contributed by atoms with Gasteiger partial charge in [0.1, 0.15) is 5.82 Å². The summed E-state index contributed by atoms with van der Waals surface area (Å²) in [7, 11) is 0. The summed E-state index contributed by atoms with van der Waals surface area (Å²) in [5, 5.41) is 7.69. The number of guanidine groups is 1. The number of benzene rings is 1. The summed E-state index contributed by atoms with van der Waals surface area (Å²) in [6.45, 7) is 8.53. The van der Waals surface area contributed by atoms with Crippen LogP contribution < -0.4 is 10.6 Å². The minimum atomic E-state index is -0.191. The van der Waals surface area contributed by atoms with Crippen molar-refractivity contribution in [2.45, 2.75) is 40.0 Å². The summed E-state index contributed by atoms with van der Waals surface area (Å²) in [4.78, 5) is 10.6. The molecule has 0 aliphatic carbocycles. The van der Waals surface area contributed by atoms with Crippen molar-refractivity contribution in [3.8, 4) is 0 Å². The maximum atomic E-state index is 13.2. The number of nitrogens with zero attached hydrogens (tertiary/aromatic N) is 2. The van der Waals surface area contributed by atoms with Gasteiger partial charge in [0.2, 0.25) is 0 Å². The van der Waals surface area contributed by atoms with E-state index in [9.17, 15) is 4.39 Å². The molecule has 0 bridgehead atoms. The normalized spacial score (nSPS) is 11.2. The Hall–Kier alpha value is -1.22. The van der Waals surface area contributed by atoms with Crippen LogP contribution in [0.2, 0.25) is 0 Å². The molecule has 2 rings (SSSR count). The zero-order valence-corrected chi connectivity index (χ0v) is 18.8. The molecule has 0 saturated carbocycles. The summed E-state index contributed by atoms with van der Waals surface area (Å²) in [6, 6.07) is 6.71. The van der Waals surface area contributed by atoms with E-state index in [0.717, 1.165) is 42.3 Å². The van der Waals surface area contributed by atoms with Crippen LogP contribution in [0.1, 0.15) is 35.0 Å². The topological polar surface area (TPSA) is 49.3 Å². The van der Waals surface area contributed by atoms with Crippen molar-refractivity contribution >= 4 is 41.3 Å². The Morgan fingerprint density at radius 2 is 2.04 bits per heavy atom. The first-order chi connectivity index (χ1) is 12.1. The first-order valence-electron chi connectivity index (χ1n) is 8.84. The number of hydrogen-bond donors (Lipinski definition) is 2. The zero-order valence-electron chi connectivity index (χ0n) is 15.6. The van der Waals surface area contributed by atoms with Crippen molar-refractivity contribution in [1.29, 1.82) is 0 Å². The average Bonchev–Trinajstić information content (AvgIpc) is 2.95. The molecule has 0 fully saturated rings. The molecule has 0 saturated heterocycles. The number of hydrogen-bond acceptors (Lipinski definition) is 3. The average molecular weight is 490 g/mol. The molecule has 7 heteroatoms. The predicted molar refractivity (Wildman–Crippen MR) is 119 cm³/mol. The fraction of sp³-hybridized carbons (Fsp3) is 0.474. The number of nitrogens with one attached hydrogen (secondary N) is 2. The van der Waals surface area contributed by atoms with Gasteiger partial charge < -0.3 is 10.6 Å². The van der Waals surface area contributed by atoms with Gasteiger partial charge >= 0.3 is 0 Å². The van der Waals surface area contributed by atoms with Gasteiger partial charge in [0, 0.05) is 30.9 Å². The molecule has 0 radical (unpaired) electrons. The molecular weight excluding hydrogens is 462 g/mol. The van der Waals surface area contributed by atoms with Gasteiger partial charge in [-0.2, -0.15) is 0 Å². The highest BCUT2D eigenvalue weighted by atomic mass is 127. The molecular formula is C19H28FIN4S. The lowest BCUT2D eigenvalue weighted by Gasteiger charge is -2.11. The number of halogens is 2. The fourth-order valence-corrected chi connectivity index (χ4v) is 3.56. The molecule has 2 aromatic rings. The highest BCUT2D eigenvalue weighted by Crippen LogP contribution is 2.18. The smallest absolute Gasteiger partial charge is 0.191 e. The number of aliphatic imine (C=N–C) groups is 1. The molecule has 2 N–H and O–H groups in total. The first kappa shape index (κ1) is 22.8. The molecule has 0 spiro atoms. The molecule has 0 aliphatic rings.